The molecule has 1 aromatic carbocycles. The summed E-state index contributed by atoms with van der Waals surface area (Å²) in [5.41, 5.74) is 1.17. The first-order chi connectivity index (χ1) is 8.99. The van der Waals surface area contributed by atoms with Gasteiger partial charge in [-0.25, -0.2) is 0 Å². The third kappa shape index (κ3) is 4.62. The van der Waals surface area contributed by atoms with Gasteiger partial charge in [0.1, 0.15) is 6.04 Å². The van der Waals surface area contributed by atoms with Gasteiger partial charge < -0.3 is 4.74 Å². The van der Waals surface area contributed by atoms with Crippen molar-refractivity contribution in [3.05, 3.63) is 34.3 Å². The van der Waals surface area contributed by atoms with E-state index in [0.717, 1.165) is 10.9 Å². The van der Waals surface area contributed by atoms with Crippen LogP contribution in [0, 0.1) is 5.92 Å². The Morgan fingerprint density at radius 3 is 2.58 bits per heavy atom. The number of rotatable bonds is 6. The molecule has 0 bridgehead atoms. The summed E-state index contributed by atoms with van der Waals surface area (Å²) in [6, 6.07) is 8.01. The molecule has 1 N–H and O–H groups in total. The Bertz CT molecular complexity index is 420. The number of halogens is 1. The standard InChI is InChI=1S/C15H22BrNO2/c1-5-13(11-7-6-8-12(16)9-11)17-14(10(2)3)15(18)19-4/h6-10,13-14,17H,5H2,1-4H3. The van der Waals surface area contributed by atoms with Gasteiger partial charge in [0.2, 0.25) is 0 Å². The minimum atomic E-state index is -0.283. The van der Waals surface area contributed by atoms with Gasteiger partial charge in [-0.15, -0.1) is 0 Å². The Kier molecular flexibility index (Phi) is 6.52. The summed E-state index contributed by atoms with van der Waals surface area (Å²) in [6.07, 6.45) is 0.913. The van der Waals surface area contributed by atoms with E-state index in [1.165, 1.54) is 12.7 Å². The highest BCUT2D eigenvalue weighted by molar-refractivity contribution is 9.10. The van der Waals surface area contributed by atoms with Crippen molar-refractivity contribution in [2.45, 2.75) is 39.3 Å². The summed E-state index contributed by atoms with van der Waals surface area (Å²) in [6.45, 7) is 6.14. The molecule has 2 atom stereocenters. The van der Waals surface area contributed by atoms with Crippen LogP contribution < -0.4 is 5.32 Å². The van der Waals surface area contributed by atoms with Gasteiger partial charge in [-0.2, -0.15) is 0 Å². The summed E-state index contributed by atoms with van der Waals surface area (Å²) in [7, 11) is 1.43. The first-order valence-corrected chi connectivity index (χ1v) is 7.38. The van der Waals surface area contributed by atoms with Gasteiger partial charge in [0, 0.05) is 10.5 Å². The number of nitrogens with one attached hydrogen (secondary N) is 1. The molecular formula is C15H22BrNO2. The molecule has 4 heteroatoms. The SMILES string of the molecule is CCC(NC(C(=O)OC)C(C)C)c1cccc(Br)c1. The number of hydrogen-bond acceptors (Lipinski definition) is 3. The highest BCUT2D eigenvalue weighted by Crippen LogP contribution is 2.22. The molecule has 2 unspecified atom stereocenters. The van der Waals surface area contributed by atoms with E-state index in [0.29, 0.717) is 0 Å². The minimum Gasteiger partial charge on any atom is -0.468 e. The molecule has 0 heterocycles. The van der Waals surface area contributed by atoms with E-state index in [1.54, 1.807) is 0 Å². The molecule has 0 radical (unpaired) electrons. The second kappa shape index (κ2) is 7.65. The predicted octanol–water partition coefficient (Wildman–Crippen LogP) is 3.69. The lowest BCUT2D eigenvalue weighted by Crippen LogP contribution is -2.43. The third-order valence-corrected chi connectivity index (χ3v) is 3.66. The van der Waals surface area contributed by atoms with Gasteiger partial charge >= 0.3 is 5.97 Å². The van der Waals surface area contributed by atoms with Crippen LogP contribution in [0.1, 0.15) is 38.8 Å². The Morgan fingerprint density at radius 2 is 2.11 bits per heavy atom. The lowest BCUT2D eigenvalue weighted by Gasteiger charge is -2.26. The number of methoxy groups -OCH3 is 1. The number of esters is 1. The van der Waals surface area contributed by atoms with Gasteiger partial charge in [-0.3, -0.25) is 10.1 Å². The average Bonchev–Trinajstić information content (AvgIpc) is 2.38. The molecular weight excluding hydrogens is 306 g/mol. The Balaban J connectivity index is 2.88. The lowest BCUT2D eigenvalue weighted by atomic mass is 9.99. The molecule has 0 saturated heterocycles. The number of hydrogen-bond donors (Lipinski definition) is 1. The van der Waals surface area contributed by atoms with E-state index < -0.39 is 0 Å². The van der Waals surface area contributed by atoms with Crippen LogP contribution in [0.25, 0.3) is 0 Å². The van der Waals surface area contributed by atoms with E-state index >= 15 is 0 Å². The molecule has 0 spiro atoms. The van der Waals surface area contributed by atoms with Crippen molar-refractivity contribution < 1.29 is 9.53 Å². The second-order valence-corrected chi connectivity index (χ2v) is 5.84. The van der Waals surface area contributed by atoms with Crippen LogP contribution in [-0.4, -0.2) is 19.1 Å². The molecule has 0 aliphatic rings. The van der Waals surface area contributed by atoms with E-state index in [4.69, 9.17) is 4.74 Å². The van der Waals surface area contributed by atoms with Crippen LogP contribution in [0.15, 0.2) is 28.7 Å². The summed E-state index contributed by atoms with van der Waals surface area (Å²) in [5.74, 6) is -0.0166. The van der Waals surface area contributed by atoms with E-state index in [-0.39, 0.29) is 24.0 Å². The summed E-state index contributed by atoms with van der Waals surface area (Å²) < 4.78 is 5.91. The lowest BCUT2D eigenvalue weighted by molar-refractivity contribution is -0.144. The molecule has 0 aliphatic heterocycles. The van der Waals surface area contributed by atoms with Gasteiger partial charge in [0.15, 0.2) is 0 Å². The predicted molar refractivity (Wildman–Crippen MR) is 81.0 cm³/mol. The van der Waals surface area contributed by atoms with Crippen molar-refractivity contribution in [1.82, 2.24) is 5.32 Å². The number of carbonyl (C=O) groups is 1. The normalized spacial score (nSPS) is 14.2. The Morgan fingerprint density at radius 1 is 1.42 bits per heavy atom. The summed E-state index contributed by atoms with van der Waals surface area (Å²) >= 11 is 3.48. The molecule has 1 aromatic rings. The van der Waals surface area contributed by atoms with Crippen molar-refractivity contribution in [2.24, 2.45) is 5.92 Å². The zero-order chi connectivity index (χ0) is 14.4. The van der Waals surface area contributed by atoms with Gasteiger partial charge in [-0.1, -0.05) is 48.8 Å². The van der Waals surface area contributed by atoms with Crippen LogP contribution in [-0.2, 0) is 9.53 Å². The van der Waals surface area contributed by atoms with Crippen LogP contribution in [0.5, 0.6) is 0 Å². The molecule has 3 nitrogen and oxygen atoms in total. The van der Waals surface area contributed by atoms with Gasteiger partial charge in [0.25, 0.3) is 0 Å². The average molecular weight is 328 g/mol. The maximum absolute atomic E-state index is 11.8. The molecule has 106 valence electrons. The maximum Gasteiger partial charge on any atom is 0.323 e. The van der Waals surface area contributed by atoms with Crippen LogP contribution in [0.4, 0.5) is 0 Å². The van der Waals surface area contributed by atoms with Crippen LogP contribution in [0.2, 0.25) is 0 Å². The quantitative estimate of drug-likeness (QED) is 0.810. The summed E-state index contributed by atoms with van der Waals surface area (Å²) in [5, 5.41) is 3.40. The smallest absolute Gasteiger partial charge is 0.323 e. The number of ether oxygens (including phenoxy) is 1. The molecule has 0 aliphatic carbocycles. The van der Waals surface area contributed by atoms with Crippen molar-refractivity contribution in [2.75, 3.05) is 7.11 Å². The maximum atomic E-state index is 11.8. The fourth-order valence-corrected chi connectivity index (χ4v) is 2.47. The highest BCUT2D eigenvalue weighted by Gasteiger charge is 2.25. The Hall–Kier alpha value is -0.870. The summed E-state index contributed by atoms with van der Waals surface area (Å²) in [4.78, 5) is 11.8. The highest BCUT2D eigenvalue weighted by atomic mass is 79.9. The van der Waals surface area contributed by atoms with Gasteiger partial charge in [0.05, 0.1) is 7.11 Å². The number of carbonyl (C=O) groups excluding carboxylic acids is 1. The fourth-order valence-electron chi connectivity index (χ4n) is 2.05. The van der Waals surface area contributed by atoms with Crippen molar-refractivity contribution in [1.29, 1.82) is 0 Å². The zero-order valence-corrected chi connectivity index (χ0v) is 13.5. The largest absolute Gasteiger partial charge is 0.468 e. The van der Waals surface area contributed by atoms with Crippen molar-refractivity contribution in [3.8, 4) is 0 Å². The fraction of sp³-hybridized carbons (Fsp3) is 0.533. The van der Waals surface area contributed by atoms with Crippen molar-refractivity contribution >= 4 is 21.9 Å². The van der Waals surface area contributed by atoms with Crippen LogP contribution in [0.3, 0.4) is 0 Å². The molecule has 1 rings (SSSR count). The van der Waals surface area contributed by atoms with Gasteiger partial charge in [-0.05, 0) is 30.0 Å². The minimum absolute atomic E-state index is 0.143. The first kappa shape index (κ1) is 16.2. The molecule has 0 saturated carbocycles. The molecule has 0 aromatic heterocycles. The number of benzene rings is 1. The van der Waals surface area contributed by atoms with Crippen molar-refractivity contribution in [3.63, 3.8) is 0 Å². The molecule has 19 heavy (non-hydrogen) atoms. The van der Waals surface area contributed by atoms with E-state index in [2.05, 4.69) is 40.3 Å². The van der Waals surface area contributed by atoms with E-state index in [1.807, 2.05) is 26.0 Å². The molecule has 0 fully saturated rings. The second-order valence-electron chi connectivity index (χ2n) is 4.93. The van der Waals surface area contributed by atoms with E-state index in [9.17, 15) is 4.79 Å². The zero-order valence-electron chi connectivity index (χ0n) is 11.9. The topological polar surface area (TPSA) is 38.3 Å². The first-order valence-electron chi connectivity index (χ1n) is 6.58. The Labute approximate surface area is 123 Å². The third-order valence-electron chi connectivity index (χ3n) is 3.16. The van der Waals surface area contributed by atoms with Crippen LogP contribution >= 0.6 is 15.9 Å². The monoisotopic (exact) mass is 327 g/mol. The molecule has 0 amide bonds.